The van der Waals surface area contributed by atoms with Gasteiger partial charge in [-0.3, -0.25) is 4.79 Å². The number of hydrogen-bond acceptors (Lipinski definition) is 4. The Morgan fingerprint density at radius 3 is 2.35 bits per heavy atom. The molecule has 0 aromatic heterocycles. The Bertz CT molecular complexity index is 346. The third-order valence-electron chi connectivity index (χ3n) is 3.22. The Kier molecular flexibility index (Phi) is 5.39. The van der Waals surface area contributed by atoms with Crippen molar-refractivity contribution in [2.24, 2.45) is 0 Å². The first-order valence-corrected chi connectivity index (χ1v) is 7.85. The highest BCUT2D eigenvalue weighted by molar-refractivity contribution is 7.92. The number of piperidine rings is 1. The van der Waals surface area contributed by atoms with E-state index in [0.29, 0.717) is 6.54 Å². The fraction of sp³-hybridized carbons (Fsp3) is 0.909. The van der Waals surface area contributed by atoms with Crippen molar-refractivity contribution in [1.29, 1.82) is 0 Å². The van der Waals surface area contributed by atoms with Gasteiger partial charge in [0.2, 0.25) is 0 Å². The van der Waals surface area contributed by atoms with E-state index in [4.69, 9.17) is 5.11 Å². The Balaban J connectivity index is 2.50. The van der Waals surface area contributed by atoms with Gasteiger partial charge in [0.15, 0.2) is 15.1 Å². The molecule has 5 nitrogen and oxygen atoms in total. The maximum absolute atomic E-state index is 11.8. The van der Waals surface area contributed by atoms with E-state index in [1.165, 1.54) is 6.42 Å². The van der Waals surface area contributed by atoms with Crippen LogP contribution >= 0.6 is 0 Å². The molecule has 1 heterocycles. The van der Waals surface area contributed by atoms with Gasteiger partial charge < -0.3 is 10.0 Å². The average molecular weight is 263 g/mol. The number of rotatable bonds is 6. The summed E-state index contributed by atoms with van der Waals surface area (Å²) in [6, 6.07) is 0. The van der Waals surface area contributed by atoms with Crippen LogP contribution in [0.2, 0.25) is 0 Å². The molecule has 0 saturated carbocycles. The third-order valence-corrected chi connectivity index (χ3v) is 5.37. The molecule has 0 amide bonds. The van der Waals surface area contributed by atoms with E-state index in [1.54, 1.807) is 6.92 Å². The molecule has 17 heavy (non-hydrogen) atoms. The number of carboxylic acids is 1. The van der Waals surface area contributed by atoms with Gasteiger partial charge in [-0.05, 0) is 32.4 Å². The van der Waals surface area contributed by atoms with Crippen molar-refractivity contribution in [3.05, 3.63) is 0 Å². The first-order chi connectivity index (χ1) is 7.97. The van der Waals surface area contributed by atoms with Crippen LogP contribution in [0.15, 0.2) is 0 Å². The number of aliphatic carboxylic acids is 1. The Morgan fingerprint density at radius 1 is 1.29 bits per heavy atom. The fourth-order valence-corrected chi connectivity index (χ4v) is 3.78. The van der Waals surface area contributed by atoms with E-state index in [-0.39, 0.29) is 12.2 Å². The fourth-order valence-electron chi connectivity index (χ4n) is 2.16. The highest BCUT2D eigenvalue weighted by Gasteiger charge is 2.30. The van der Waals surface area contributed by atoms with Gasteiger partial charge in [0, 0.05) is 6.54 Å². The average Bonchev–Trinajstić information content (AvgIpc) is 2.28. The summed E-state index contributed by atoms with van der Waals surface area (Å²) in [5.41, 5.74) is 0. The monoisotopic (exact) mass is 263 g/mol. The molecule has 0 spiro atoms. The van der Waals surface area contributed by atoms with E-state index in [2.05, 4.69) is 4.90 Å². The molecule has 1 saturated heterocycles. The predicted octanol–water partition coefficient (Wildman–Crippen LogP) is 0.750. The summed E-state index contributed by atoms with van der Waals surface area (Å²) in [5.74, 6) is -1.27. The predicted molar refractivity (Wildman–Crippen MR) is 65.8 cm³/mol. The van der Waals surface area contributed by atoms with Gasteiger partial charge in [0.05, 0.1) is 5.75 Å². The van der Waals surface area contributed by atoms with Crippen molar-refractivity contribution in [2.75, 3.05) is 25.4 Å². The summed E-state index contributed by atoms with van der Waals surface area (Å²) in [4.78, 5) is 12.9. The number of likely N-dealkylation sites (tertiary alicyclic amines) is 1. The normalized spacial score (nSPS) is 20.1. The maximum atomic E-state index is 11.8. The third kappa shape index (κ3) is 4.27. The van der Waals surface area contributed by atoms with Crippen LogP contribution in [0, 0.1) is 0 Å². The zero-order chi connectivity index (χ0) is 12.9. The van der Waals surface area contributed by atoms with Crippen molar-refractivity contribution in [2.45, 2.75) is 37.9 Å². The number of carboxylic acid groups (broad SMARTS) is 1. The summed E-state index contributed by atoms with van der Waals surface area (Å²) in [6.45, 7) is 3.92. The maximum Gasteiger partial charge on any atom is 0.321 e. The second-order valence-corrected chi connectivity index (χ2v) is 6.81. The molecule has 0 bridgehead atoms. The van der Waals surface area contributed by atoms with Gasteiger partial charge in [-0.15, -0.1) is 0 Å². The molecule has 1 fully saturated rings. The molecule has 1 aliphatic heterocycles. The van der Waals surface area contributed by atoms with Gasteiger partial charge in [0.25, 0.3) is 0 Å². The lowest BCUT2D eigenvalue weighted by atomic mass is 10.1. The quantitative estimate of drug-likeness (QED) is 0.765. The molecule has 1 N–H and O–H groups in total. The molecule has 1 unspecified atom stereocenters. The highest BCUT2D eigenvalue weighted by atomic mass is 32.2. The number of nitrogens with zero attached hydrogens (tertiary/aromatic N) is 1. The molecule has 0 aromatic rings. The summed E-state index contributed by atoms with van der Waals surface area (Å²) < 4.78 is 23.7. The minimum Gasteiger partial charge on any atom is -0.480 e. The molecule has 1 aliphatic rings. The Labute approximate surface area is 103 Å². The number of hydrogen-bond donors (Lipinski definition) is 1. The second-order valence-electron chi connectivity index (χ2n) is 4.50. The molecule has 0 aromatic carbocycles. The molecule has 100 valence electrons. The summed E-state index contributed by atoms with van der Waals surface area (Å²) in [5, 5.41) is 7.61. The van der Waals surface area contributed by atoms with Gasteiger partial charge in [-0.2, -0.15) is 0 Å². The van der Waals surface area contributed by atoms with Gasteiger partial charge in [-0.25, -0.2) is 8.42 Å². The van der Waals surface area contributed by atoms with Crippen LogP contribution < -0.4 is 0 Å². The lowest BCUT2D eigenvalue weighted by molar-refractivity contribution is -0.136. The SMILES string of the molecule is CCC(C(=O)O)S(=O)(=O)CCN1CCCCC1. The molecular weight excluding hydrogens is 242 g/mol. The van der Waals surface area contributed by atoms with E-state index in [0.717, 1.165) is 25.9 Å². The minimum absolute atomic E-state index is 0.0438. The summed E-state index contributed by atoms with van der Waals surface area (Å²) >= 11 is 0. The number of carbonyl (C=O) groups is 1. The van der Waals surface area contributed by atoms with Crippen LogP contribution in [-0.2, 0) is 14.6 Å². The summed E-state index contributed by atoms with van der Waals surface area (Å²) in [7, 11) is -3.51. The van der Waals surface area contributed by atoms with Crippen LogP contribution in [0.1, 0.15) is 32.6 Å². The molecular formula is C11H21NO4S. The zero-order valence-corrected chi connectivity index (χ0v) is 11.1. The van der Waals surface area contributed by atoms with Crippen molar-refractivity contribution < 1.29 is 18.3 Å². The van der Waals surface area contributed by atoms with E-state index in [1.807, 2.05) is 0 Å². The zero-order valence-electron chi connectivity index (χ0n) is 10.3. The minimum atomic E-state index is -3.51. The molecule has 0 aliphatic carbocycles. The van der Waals surface area contributed by atoms with E-state index < -0.39 is 21.1 Å². The standard InChI is InChI=1S/C11H21NO4S/c1-2-10(11(13)14)17(15,16)9-8-12-6-4-3-5-7-12/h10H,2-9H2,1H3,(H,13,14). The first kappa shape index (κ1) is 14.4. The Hall–Kier alpha value is -0.620. The molecule has 6 heteroatoms. The highest BCUT2D eigenvalue weighted by Crippen LogP contribution is 2.11. The van der Waals surface area contributed by atoms with Crippen LogP contribution in [0.3, 0.4) is 0 Å². The van der Waals surface area contributed by atoms with Crippen molar-refractivity contribution >= 4 is 15.8 Å². The lowest BCUT2D eigenvalue weighted by Gasteiger charge is -2.26. The summed E-state index contributed by atoms with van der Waals surface area (Å²) in [6.07, 6.45) is 3.56. The topological polar surface area (TPSA) is 74.7 Å². The molecule has 1 atom stereocenters. The van der Waals surface area contributed by atoms with Crippen molar-refractivity contribution in [3.8, 4) is 0 Å². The molecule has 1 rings (SSSR count). The van der Waals surface area contributed by atoms with Crippen LogP contribution in [-0.4, -0.2) is 55.0 Å². The van der Waals surface area contributed by atoms with Crippen LogP contribution in [0.25, 0.3) is 0 Å². The number of sulfone groups is 1. The van der Waals surface area contributed by atoms with Crippen LogP contribution in [0.5, 0.6) is 0 Å². The van der Waals surface area contributed by atoms with E-state index >= 15 is 0 Å². The Morgan fingerprint density at radius 2 is 1.88 bits per heavy atom. The van der Waals surface area contributed by atoms with Crippen molar-refractivity contribution in [3.63, 3.8) is 0 Å². The first-order valence-electron chi connectivity index (χ1n) is 6.14. The van der Waals surface area contributed by atoms with Gasteiger partial charge in [-0.1, -0.05) is 13.3 Å². The lowest BCUT2D eigenvalue weighted by Crippen LogP contribution is -2.38. The second kappa shape index (κ2) is 6.35. The van der Waals surface area contributed by atoms with Crippen LogP contribution in [0.4, 0.5) is 0 Å². The van der Waals surface area contributed by atoms with Crippen molar-refractivity contribution in [1.82, 2.24) is 4.90 Å². The van der Waals surface area contributed by atoms with Gasteiger partial charge >= 0.3 is 5.97 Å². The van der Waals surface area contributed by atoms with E-state index in [9.17, 15) is 13.2 Å². The smallest absolute Gasteiger partial charge is 0.321 e. The molecule has 0 radical (unpaired) electrons. The largest absolute Gasteiger partial charge is 0.480 e. The van der Waals surface area contributed by atoms with Gasteiger partial charge in [0.1, 0.15) is 0 Å².